The first-order valence-electron chi connectivity index (χ1n) is 7.78. The van der Waals surface area contributed by atoms with Crippen LogP contribution in [0, 0.1) is 5.92 Å². The van der Waals surface area contributed by atoms with Crippen LogP contribution in [0.4, 0.5) is 0 Å². The van der Waals surface area contributed by atoms with E-state index in [4.69, 9.17) is 0 Å². The zero-order valence-electron chi connectivity index (χ0n) is 12.6. The van der Waals surface area contributed by atoms with Crippen molar-refractivity contribution in [3.8, 4) is 11.1 Å². The zero-order chi connectivity index (χ0) is 14.7. The van der Waals surface area contributed by atoms with Gasteiger partial charge < -0.3 is 10.0 Å². The van der Waals surface area contributed by atoms with E-state index in [2.05, 4.69) is 36.1 Å². The van der Waals surface area contributed by atoms with E-state index in [0.29, 0.717) is 0 Å². The summed E-state index contributed by atoms with van der Waals surface area (Å²) in [5.41, 5.74) is 3.42. The molecule has 0 bridgehead atoms. The van der Waals surface area contributed by atoms with Crippen molar-refractivity contribution in [2.75, 3.05) is 19.6 Å². The first-order valence-corrected chi connectivity index (χ1v) is 7.78. The van der Waals surface area contributed by atoms with Crippen LogP contribution >= 0.6 is 0 Å². The standard InChI is InChI=1S/C19H23NO/c1-15-11-12-20(13-15)14-19(21)18-9-7-17(8-10-18)16-5-3-2-4-6-16/h2-10,15,19,21H,11-14H2,1H3. The van der Waals surface area contributed by atoms with E-state index in [1.54, 1.807) is 0 Å². The summed E-state index contributed by atoms with van der Waals surface area (Å²) < 4.78 is 0. The maximum absolute atomic E-state index is 10.4. The molecule has 0 aliphatic carbocycles. The highest BCUT2D eigenvalue weighted by molar-refractivity contribution is 5.63. The number of hydrogen-bond donors (Lipinski definition) is 1. The number of likely N-dealkylation sites (tertiary alicyclic amines) is 1. The number of rotatable bonds is 4. The first-order chi connectivity index (χ1) is 10.2. The van der Waals surface area contributed by atoms with Gasteiger partial charge in [0.1, 0.15) is 0 Å². The third-order valence-corrected chi connectivity index (χ3v) is 4.34. The maximum atomic E-state index is 10.4. The van der Waals surface area contributed by atoms with Crippen LogP contribution in [0.25, 0.3) is 11.1 Å². The van der Waals surface area contributed by atoms with Gasteiger partial charge in [-0.25, -0.2) is 0 Å². The summed E-state index contributed by atoms with van der Waals surface area (Å²) in [6.45, 7) is 5.25. The minimum absolute atomic E-state index is 0.389. The monoisotopic (exact) mass is 281 g/mol. The molecule has 1 aliphatic rings. The van der Waals surface area contributed by atoms with Gasteiger partial charge in [0.05, 0.1) is 6.10 Å². The molecule has 2 aromatic carbocycles. The topological polar surface area (TPSA) is 23.5 Å². The molecule has 1 N–H and O–H groups in total. The average Bonchev–Trinajstić information content (AvgIpc) is 2.93. The summed E-state index contributed by atoms with van der Waals surface area (Å²) in [5, 5.41) is 10.4. The summed E-state index contributed by atoms with van der Waals surface area (Å²) in [4.78, 5) is 2.36. The molecule has 1 aliphatic heterocycles. The lowest BCUT2D eigenvalue weighted by atomic mass is 10.0. The predicted octanol–water partition coefficient (Wildman–Crippen LogP) is 3.73. The summed E-state index contributed by atoms with van der Waals surface area (Å²) >= 11 is 0. The highest BCUT2D eigenvalue weighted by Crippen LogP contribution is 2.24. The highest BCUT2D eigenvalue weighted by Gasteiger charge is 2.21. The molecule has 110 valence electrons. The fourth-order valence-electron chi connectivity index (χ4n) is 3.07. The second kappa shape index (κ2) is 6.42. The van der Waals surface area contributed by atoms with Crippen LogP contribution in [0.2, 0.25) is 0 Å². The molecule has 1 fully saturated rings. The van der Waals surface area contributed by atoms with Crippen molar-refractivity contribution < 1.29 is 5.11 Å². The van der Waals surface area contributed by atoms with Gasteiger partial charge in [0.15, 0.2) is 0 Å². The Kier molecular flexibility index (Phi) is 4.37. The van der Waals surface area contributed by atoms with Crippen LogP contribution in [0.3, 0.4) is 0 Å². The molecule has 3 rings (SSSR count). The normalized spacial score (nSPS) is 20.6. The Morgan fingerprint density at radius 3 is 2.33 bits per heavy atom. The summed E-state index contributed by atoms with van der Waals surface area (Å²) in [5.74, 6) is 0.762. The van der Waals surface area contributed by atoms with E-state index in [-0.39, 0.29) is 6.10 Å². The molecule has 0 amide bonds. The van der Waals surface area contributed by atoms with E-state index in [1.807, 2.05) is 30.3 Å². The lowest BCUT2D eigenvalue weighted by Crippen LogP contribution is -2.26. The Morgan fingerprint density at radius 1 is 1.05 bits per heavy atom. The van der Waals surface area contributed by atoms with Crippen molar-refractivity contribution in [1.29, 1.82) is 0 Å². The SMILES string of the molecule is CC1CCN(CC(O)c2ccc(-c3ccccc3)cc2)C1. The molecule has 2 nitrogen and oxygen atoms in total. The number of β-amino-alcohol motifs (C(OH)–C–C–N with tert-alkyl or cyclic N) is 1. The summed E-state index contributed by atoms with van der Waals surface area (Å²) in [6, 6.07) is 18.6. The smallest absolute Gasteiger partial charge is 0.0916 e. The van der Waals surface area contributed by atoms with Crippen LogP contribution in [-0.2, 0) is 0 Å². The average molecular weight is 281 g/mol. The van der Waals surface area contributed by atoms with Gasteiger partial charge in [-0.05, 0) is 35.6 Å². The van der Waals surface area contributed by atoms with Crippen molar-refractivity contribution in [3.05, 3.63) is 60.2 Å². The van der Waals surface area contributed by atoms with Crippen LogP contribution in [0.5, 0.6) is 0 Å². The Morgan fingerprint density at radius 2 is 1.71 bits per heavy atom. The Labute approximate surface area is 127 Å². The molecular weight excluding hydrogens is 258 g/mol. The van der Waals surface area contributed by atoms with Gasteiger partial charge in [0.2, 0.25) is 0 Å². The highest BCUT2D eigenvalue weighted by atomic mass is 16.3. The molecule has 2 unspecified atom stereocenters. The van der Waals surface area contributed by atoms with Crippen molar-refractivity contribution in [2.45, 2.75) is 19.4 Å². The maximum Gasteiger partial charge on any atom is 0.0916 e. The van der Waals surface area contributed by atoms with Gasteiger partial charge in [0, 0.05) is 13.1 Å². The lowest BCUT2D eigenvalue weighted by Gasteiger charge is -2.20. The molecule has 0 saturated carbocycles. The van der Waals surface area contributed by atoms with Crippen molar-refractivity contribution in [1.82, 2.24) is 4.90 Å². The first kappa shape index (κ1) is 14.3. The van der Waals surface area contributed by atoms with E-state index in [0.717, 1.165) is 31.1 Å². The van der Waals surface area contributed by atoms with E-state index in [9.17, 15) is 5.11 Å². The van der Waals surface area contributed by atoms with Crippen LogP contribution < -0.4 is 0 Å². The summed E-state index contributed by atoms with van der Waals surface area (Å²) in [6.07, 6.45) is 0.861. The zero-order valence-corrected chi connectivity index (χ0v) is 12.6. The molecule has 1 saturated heterocycles. The third-order valence-electron chi connectivity index (χ3n) is 4.34. The van der Waals surface area contributed by atoms with Gasteiger partial charge in [0.25, 0.3) is 0 Å². The van der Waals surface area contributed by atoms with Crippen LogP contribution in [0.15, 0.2) is 54.6 Å². The molecule has 0 spiro atoms. The summed E-state index contributed by atoms with van der Waals surface area (Å²) in [7, 11) is 0. The number of aliphatic hydroxyl groups is 1. The van der Waals surface area contributed by atoms with Crippen molar-refractivity contribution in [3.63, 3.8) is 0 Å². The Bertz CT molecular complexity index is 564. The van der Waals surface area contributed by atoms with Gasteiger partial charge in [-0.1, -0.05) is 61.5 Å². The van der Waals surface area contributed by atoms with Gasteiger partial charge >= 0.3 is 0 Å². The van der Waals surface area contributed by atoms with Gasteiger partial charge in [-0.3, -0.25) is 0 Å². The molecule has 2 atom stereocenters. The van der Waals surface area contributed by atoms with Crippen LogP contribution in [0.1, 0.15) is 25.0 Å². The molecule has 1 heterocycles. The minimum Gasteiger partial charge on any atom is -0.387 e. The van der Waals surface area contributed by atoms with Gasteiger partial charge in [-0.2, -0.15) is 0 Å². The predicted molar refractivity (Wildman–Crippen MR) is 87.1 cm³/mol. The Hall–Kier alpha value is -1.64. The van der Waals surface area contributed by atoms with E-state index < -0.39 is 0 Å². The Balaban J connectivity index is 1.66. The number of benzene rings is 2. The quantitative estimate of drug-likeness (QED) is 0.923. The molecular formula is C19H23NO. The lowest BCUT2D eigenvalue weighted by molar-refractivity contribution is 0.124. The number of nitrogens with zero attached hydrogens (tertiary/aromatic N) is 1. The fourth-order valence-corrected chi connectivity index (χ4v) is 3.07. The second-order valence-corrected chi connectivity index (χ2v) is 6.16. The minimum atomic E-state index is -0.389. The van der Waals surface area contributed by atoms with Crippen LogP contribution in [-0.4, -0.2) is 29.6 Å². The second-order valence-electron chi connectivity index (χ2n) is 6.16. The third kappa shape index (κ3) is 3.52. The van der Waals surface area contributed by atoms with E-state index in [1.165, 1.54) is 17.5 Å². The van der Waals surface area contributed by atoms with Crippen molar-refractivity contribution in [2.24, 2.45) is 5.92 Å². The number of aliphatic hydroxyl groups excluding tert-OH is 1. The van der Waals surface area contributed by atoms with Gasteiger partial charge in [-0.15, -0.1) is 0 Å². The largest absolute Gasteiger partial charge is 0.387 e. The molecule has 0 radical (unpaired) electrons. The molecule has 2 heteroatoms. The fraction of sp³-hybridized carbons (Fsp3) is 0.368. The molecule has 2 aromatic rings. The molecule has 0 aromatic heterocycles. The number of hydrogen-bond acceptors (Lipinski definition) is 2. The van der Waals surface area contributed by atoms with E-state index >= 15 is 0 Å². The van der Waals surface area contributed by atoms with Crippen molar-refractivity contribution >= 4 is 0 Å². The molecule has 21 heavy (non-hydrogen) atoms.